The fourth-order valence-electron chi connectivity index (χ4n) is 4.93. The third-order valence-corrected chi connectivity index (χ3v) is 6.67. The standard InChI is InChI=1S/C29H31FO4/c1-3-33-28(32)29(16-20(2)26(31)18-29)17-22-13-14-25(30)24(15-22)23-11-7-8-12-27(23)34-19-21-9-5-4-6-10-21/h4-15,20,26,31H,3,16-19H2,1-2H3/t20-,26-,29-/m1/s1. The van der Waals surface area contributed by atoms with E-state index in [0.29, 0.717) is 42.7 Å². The van der Waals surface area contributed by atoms with Gasteiger partial charge in [-0.3, -0.25) is 4.79 Å². The van der Waals surface area contributed by atoms with Gasteiger partial charge >= 0.3 is 5.97 Å². The van der Waals surface area contributed by atoms with Crippen LogP contribution in [0.2, 0.25) is 0 Å². The van der Waals surface area contributed by atoms with Crippen LogP contribution in [-0.2, 0) is 22.6 Å². The molecule has 1 aliphatic rings. The predicted octanol–water partition coefficient (Wildman–Crippen LogP) is 5.95. The molecule has 0 bridgehead atoms. The first kappa shape index (κ1) is 24.0. The summed E-state index contributed by atoms with van der Waals surface area (Å²) in [6.45, 7) is 4.39. The molecule has 178 valence electrons. The van der Waals surface area contributed by atoms with Gasteiger partial charge in [0.15, 0.2) is 0 Å². The first-order valence-electron chi connectivity index (χ1n) is 11.8. The maximum atomic E-state index is 15.0. The van der Waals surface area contributed by atoms with Gasteiger partial charge in [0.05, 0.1) is 18.1 Å². The van der Waals surface area contributed by atoms with Gasteiger partial charge in [-0.15, -0.1) is 0 Å². The number of para-hydroxylation sites is 1. The zero-order valence-corrected chi connectivity index (χ0v) is 19.7. The second kappa shape index (κ2) is 10.4. The number of halogens is 1. The first-order chi connectivity index (χ1) is 16.4. The van der Waals surface area contributed by atoms with E-state index in [1.165, 1.54) is 6.07 Å². The van der Waals surface area contributed by atoms with E-state index in [2.05, 4.69) is 0 Å². The van der Waals surface area contributed by atoms with Crippen molar-refractivity contribution in [2.24, 2.45) is 11.3 Å². The van der Waals surface area contributed by atoms with E-state index >= 15 is 4.39 Å². The van der Waals surface area contributed by atoms with Crippen LogP contribution in [0.1, 0.15) is 37.8 Å². The van der Waals surface area contributed by atoms with Crippen LogP contribution in [0.3, 0.4) is 0 Å². The summed E-state index contributed by atoms with van der Waals surface area (Å²) in [5, 5.41) is 10.4. The molecule has 0 saturated heterocycles. The number of aliphatic hydroxyl groups is 1. The lowest BCUT2D eigenvalue weighted by Gasteiger charge is -2.27. The third kappa shape index (κ3) is 5.15. The molecule has 1 N–H and O–H groups in total. The molecule has 5 heteroatoms. The average Bonchev–Trinajstić information content (AvgIpc) is 3.14. The van der Waals surface area contributed by atoms with E-state index in [0.717, 1.165) is 11.1 Å². The maximum Gasteiger partial charge on any atom is 0.312 e. The fourth-order valence-corrected chi connectivity index (χ4v) is 4.93. The summed E-state index contributed by atoms with van der Waals surface area (Å²) in [6.07, 6.45) is 0.706. The summed E-state index contributed by atoms with van der Waals surface area (Å²) >= 11 is 0. The van der Waals surface area contributed by atoms with Crippen LogP contribution in [0.5, 0.6) is 5.75 Å². The molecule has 4 rings (SSSR count). The highest BCUT2D eigenvalue weighted by atomic mass is 19.1. The topological polar surface area (TPSA) is 55.8 Å². The molecule has 0 unspecified atom stereocenters. The third-order valence-electron chi connectivity index (χ3n) is 6.67. The molecule has 0 heterocycles. The Labute approximate surface area is 200 Å². The number of esters is 1. The van der Waals surface area contributed by atoms with E-state index in [1.54, 1.807) is 19.1 Å². The summed E-state index contributed by atoms with van der Waals surface area (Å²) in [7, 11) is 0. The van der Waals surface area contributed by atoms with Crippen molar-refractivity contribution in [3.05, 3.63) is 89.7 Å². The van der Waals surface area contributed by atoms with E-state index < -0.39 is 11.5 Å². The Kier molecular flexibility index (Phi) is 7.32. The molecule has 0 radical (unpaired) electrons. The minimum Gasteiger partial charge on any atom is -0.488 e. The molecule has 3 atom stereocenters. The number of hydrogen-bond donors (Lipinski definition) is 1. The number of rotatable bonds is 8. The minimum atomic E-state index is -0.812. The van der Waals surface area contributed by atoms with Crippen molar-refractivity contribution in [1.82, 2.24) is 0 Å². The summed E-state index contributed by atoms with van der Waals surface area (Å²) in [5.41, 5.74) is 2.11. The van der Waals surface area contributed by atoms with Gasteiger partial charge in [-0.25, -0.2) is 4.39 Å². The Bertz CT molecular complexity index is 1120. The second-order valence-electron chi connectivity index (χ2n) is 9.22. The van der Waals surface area contributed by atoms with Crippen molar-refractivity contribution in [3.8, 4) is 16.9 Å². The number of aliphatic hydroxyl groups excluding tert-OH is 1. The van der Waals surface area contributed by atoms with Crippen LogP contribution in [-0.4, -0.2) is 23.8 Å². The number of hydrogen-bond acceptors (Lipinski definition) is 4. The van der Waals surface area contributed by atoms with Crippen LogP contribution in [0, 0.1) is 17.2 Å². The van der Waals surface area contributed by atoms with Crippen molar-refractivity contribution >= 4 is 5.97 Å². The van der Waals surface area contributed by atoms with Gasteiger partial charge in [-0.2, -0.15) is 0 Å². The van der Waals surface area contributed by atoms with Crippen molar-refractivity contribution in [2.75, 3.05) is 6.61 Å². The SMILES string of the molecule is CCOC(=O)[C@@]1(Cc2ccc(F)c(-c3ccccc3OCc3ccccc3)c2)C[C@@H](C)[C@H](O)C1. The minimum absolute atomic E-state index is 0.00330. The van der Waals surface area contributed by atoms with Crippen LogP contribution < -0.4 is 4.74 Å². The van der Waals surface area contributed by atoms with Gasteiger partial charge in [0.1, 0.15) is 18.2 Å². The Morgan fingerprint density at radius 2 is 1.74 bits per heavy atom. The van der Waals surface area contributed by atoms with Crippen molar-refractivity contribution < 1.29 is 23.8 Å². The highest BCUT2D eigenvalue weighted by Gasteiger charge is 2.49. The summed E-state index contributed by atoms with van der Waals surface area (Å²) in [6, 6.07) is 22.1. The van der Waals surface area contributed by atoms with Gasteiger partial charge < -0.3 is 14.6 Å². The van der Waals surface area contributed by atoms with E-state index in [4.69, 9.17) is 9.47 Å². The highest BCUT2D eigenvalue weighted by Crippen LogP contribution is 2.46. The Morgan fingerprint density at radius 3 is 2.44 bits per heavy atom. The Balaban J connectivity index is 1.63. The van der Waals surface area contributed by atoms with Crippen LogP contribution in [0.4, 0.5) is 4.39 Å². The highest BCUT2D eigenvalue weighted by molar-refractivity contribution is 5.78. The van der Waals surface area contributed by atoms with Crippen LogP contribution in [0.25, 0.3) is 11.1 Å². The molecule has 1 saturated carbocycles. The first-order valence-corrected chi connectivity index (χ1v) is 11.8. The molecule has 0 spiro atoms. The molecular formula is C29H31FO4. The molecule has 3 aromatic rings. The quantitative estimate of drug-likeness (QED) is 0.420. The van der Waals surface area contributed by atoms with E-state index in [1.807, 2.05) is 61.5 Å². The van der Waals surface area contributed by atoms with Crippen molar-refractivity contribution in [1.29, 1.82) is 0 Å². The molecular weight excluding hydrogens is 431 g/mol. The second-order valence-corrected chi connectivity index (χ2v) is 9.22. The fraction of sp³-hybridized carbons (Fsp3) is 0.345. The molecule has 34 heavy (non-hydrogen) atoms. The van der Waals surface area contributed by atoms with E-state index in [-0.39, 0.29) is 24.3 Å². The normalized spacial score (nSPS) is 21.9. The van der Waals surface area contributed by atoms with Gasteiger partial charge in [0.2, 0.25) is 0 Å². The zero-order valence-electron chi connectivity index (χ0n) is 19.7. The van der Waals surface area contributed by atoms with Crippen LogP contribution in [0.15, 0.2) is 72.8 Å². The summed E-state index contributed by atoms with van der Waals surface area (Å²) in [4.78, 5) is 12.9. The number of carbonyl (C=O) groups is 1. The average molecular weight is 463 g/mol. The maximum absolute atomic E-state index is 15.0. The summed E-state index contributed by atoms with van der Waals surface area (Å²) < 4.78 is 26.5. The smallest absolute Gasteiger partial charge is 0.312 e. The number of benzene rings is 3. The predicted molar refractivity (Wildman–Crippen MR) is 130 cm³/mol. The number of carbonyl (C=O) groups excluding carboxylic acids is 1. The van der Waals surface area contributed by atoms with Gasteiger partial charge in [0, 0.05) is 11.1 Å². The number of ether oxygens (including phenoxy) is 2. The zero-order chi connectivity index (χ0) is 24.1. The van der Waals surface area contributed by atoms with E-state index in [9.17, 15) is 9.90 Å². The Morgan fingerprint density at radius 1 is 1.00 bits per heavy atom. The Hall–Kier alpha value is -3.18. The van der Waals surface area contributed by atoms with Gasteiger partial charge in [0.25, 0.3) is 0 Å². The van der Waals surface area contributed by atoms with Gasteiger partial charge in [-0.1, -0.05) is 61.5 Å². The molecule has 1 fully saturated rings. The lowest BCUT2D eigenvalue weighted by atomic mass is 9.79. The lowest BCUT2D eigenvalue weighted by Crippen LogP contribution is -2.33. The van der Waals surface area contributed by atoms with Gasteiger partial charge in [-0.05, 0) is 61.4 Å². The lowest BCUT2D eigenvalue weighted by molar-refractivity contribution is -0.155. The molecule has 0 aromatic heterocycles. The molecule has 1 aliphatic carbocycles. The molecule has 4 nitrogen and oxygen atoms in total. The monoisotopic (exact) mass is 462 g/mol. The summed E-state index contributed by atoms with van der Waals surface area (Å²) in [5.74, 6) is -0.0655. The molecule has 3 aromatic carbocycles. The van der Waals surface area contributed by atoms with Crippen LogP contribution >= 0.6 is 0 Å². The molecule has 0 amide bonds. The van der Waals surface area contributed by atoms with Crippen molar-refractivity contribution in [2.45, 2.75) is 45.8 Å². The van der Waals surface area contributed by atoms with Crippen molar-refractivity contribution in [3.63, 3.8) is 0 Å². The largest absolute Gasteiger partial charge is 0.488 e. The molecule has 0 aliphatic heterocycles.